The van der Waals surface area contributed by atoms with Crippen molar-refractivity contribution >= 4 is 5.84 Å². The molecule has 0 aliphatic carbocycles. The van der Waals surface area contributed by atoms with Gasteiger partial charge in [0.2, 0.25) is 0 Å². The maximum atomic E-state index is 11.9. The number of aromatic hydroxyl groups is 1. The number of hydrogen-bond acceptors (Lipinski definition) is 3. The molecular formula is C11H15FN2O2. The van der Waals surface area contributed by atoms with Crippen molar-refractivity contribution in [1.82, 2.24) is 5.32 Å². The van der Waals surface area contributed by atoms with Gasteiger partial charge in [-0.05, 0) is 24.6 Å². The number of rotatable bonds is 5. The van der Waals surface area contributed by atoms with Crippen molar-refractivity contribution in [2.75, 3.05) is 13.3 Å². The number of ether oxygens (including phenoxy) is 1. The van der Waals surface area contributed by atoms with Gasteiger partial charge in [0.1, 0.15) is 13.3 Å². The number of amidine groups is 1. The molecule has 0 aliphatic heterocycles. The number of halogens is 1. The lowest BCUT2D eigenvalue weighted by atomic mass is 10.2. The Labute approximate surface area is 93.6 Å². The quantitative estimate of drug-likeness (QED) is 0.530. The first-order valence-electron chi connectivity index (χ1n) is 4.93. The van der Waals surface area contributed by atoms with Gasteiger partial charge in [-0.25, -0.2) is 4.39 Å². The number of phenols is 1. The third-order valence-corrected chi connectivity index (χ3v) is 1.92. The minimum atomic E-state index is -0.596. The molecule has 88 valence electrons. The third-order valence-electron chi connectivity index (χ3n) is 1.92. The Morgan fingerprint density at radius 1 is 1.56 bits per heavy atom. The summed E-state index contributed by atoms with van der Waals surface area (Å²) in [6, 6.07) is 4.83. The molecule has 0 aromatic heterocycles. The van der Waals surface area contributed by atoms with Crippen molar-refractivity contribution in [3.63, 3.8) is 0 Å². The van der Waals surface area contributed by atoms with Gasteiger partial charge in [-0.1, -0.05) is 6.07 Å². The lowest BCUT2D eigenvalue weighted by Crippen LogP contribution is -2.18. The molecule has 0 saturated heterocycles. The topological polar surface area (TPSA) is 65.3 Å². The van der Waals surface area contributed by atoms with Gasteiger partial charge in [0.15, 0.2) is 11.5 Å². The number of alkyl halides is 1. The van der Waals surface area contributed by atoms with Crippen molar-refractivity contribution in [3.8, 4) is 11.5 Å². The van der Waals surface area contributed by atoms with Gasteiger partial charge in [0.25, 0.3) is 0 Å². The lowest BCUT2D eigenvalue weighted by Gasteiger charge is -2.09. The van der Waals surface area contributed by atoms with Gasteiger partial charge in [-0.15, -0.1) is 0 Å². The summed E-state index contributed by atoms with van der Waals surface area (Å²) in [5.74, 6) is 0.614. The predicted octanol–water partition coefficient (Wildman–Crippen LogP) is 1.83. The van der Waals surface area contributed by atoms with Gasteiger partial charge in [-0.2, -0.15) is 0 Å². The summed E-state index contributed by atoms with van der Waals surface area (Å²) in [7, 11) is 0. The van der Waals surface area contributed by atoms with Crippen molar-refractivity contribution in [2.45, 2.75) is 13.5 Å². The average molecular weight is 226 g/mol. The second kappa shape index (κ2) is 5.95. The highest BCUT2D eigenvalue weighted by atomic mass is 19.1. The summed E-state index contributed by atoms with van der Waals surface area (Å²) in [5, 5.41) is 19.5. The molecule has 1 rings (SSSR count). The first kappa shape index (κ1) is 12.3. The molecule has 0 saturated carbocycles. The van der Waals surface area contributed by atoms with Crippen molar-refractivity contribution in [2.24, 2.45) is 0 Å². The van der Waals surface area contributed by atoms with Crippen LogP contribution in [0.15, 0.2) is 18.2 Å². The van der Waals surface area contributed by atoms with E-state index in [9.17, 15) is 9.50 Å². The lowest BCUT2D eigenvalue weighted by molar-refractivity contribution is 0.262. The third kappa shape index (κ3) is 3.76. The van der Waals surface area contributed by atoms with Crippen LogP contribution < -0.4 is 10.1 Å². The molecule has 0 radical (unpaired) electrons. The maximum absolute atomic E-state index is 11.9. The van der Waals surface area contributed by atoms with Crippen LogP contribution in [0.4, 0.5) is 4.39 Å². The van der Waals surface area contributed by atoms with Crippen LogP contribution in [-0.2, 0) is 6.54 Å². The van der Waals surface area contributed by atoms with Crippen molar-refractivity contribution < 1.29 is 14.2 Å². The highest BCUT2D eigenvalue weighted by Crippen LogP contribution is 2.26. The molecule has 1 aromatic rings. The van der Waals surface area contributed by atoms with E-state index in [1.165, 1.54) is 6.07 Å². The molecule has 0 amide bonds. The predicted molar refractivity (Wildman–Crippen MR) is 59.8 cm³/mol. The first-order valence-corrected chi connectivity index (χ1v) is 4.93. The zero-order valence-electron chi connectivity index (χ0n) is 9.09. The average Bonchev–Trinajstić information content (AvgIpc) is 2.26. The van der Waals surface area contributed by atoms with E-state index in [-0.39, 0.29) is 18.1 Å². The van der Waals surface area contributed by atoms with Gasteiger partial charge in [-0.3, -0.25) is 5.41 Å². The van der Waals surface area contributed by atoms with E-state index < -0.39 is 6.67 Å². The zero-order valence-corrected chi connectivity index (χ0v) is 9.09. The van der Waals surface area contributed by atoms with Gasteiger partial charge in [0, 0.05) is 6.54 Å². The standard InChI is InChI=1S/C11H15FN2O2/c1-8(13)14-7-9-2-3-10(15)11(6-9)16-5-4-12/h2-3,6,15H,4-5,7H2,1H3,(H2,13,14). The fourth-order valence-electron chi connectivity index (χ4n) is 1.17. The summed E-state index contributed by atoms with van der Waals surface area (Å²) >= 11 is 0. The fourth-order valence-corrected chi connectivity index (χ4v) is 1.17. The Morgan fingerprint density at radius 3 is 2.94 bits per heavy atom. The second-order valence-electron chi connectivity index (χ2n) is 3.32. The molecule has 3 N–H and O–H groups in total. The summed E-state index contributed by atoms with van der Waals surface area (Å²) in [6.45, 7) is 1.44. The SMILES string of the molecule is CC(=N)NCc1ccc(O)c(OCCF)c1. The Hall–Kier alpha value is -1.78. The van der Waals surface area contributed by atoms with E-state index >= 15 is 0 Å². The van der Waals surface area contributed by atoms with Crippen LogP contribution in [0.2, 0.25) is 0 Å². The van der Waals surface area contributed by atoms with E-state index in [2.05, 4.69) is 5.32 Å². The highest BCUT2D eigenvalue weighted by Gasteiger charge is 2.04. The van der Waals surface area contributed by atoms with Crippen molar-refractivity contribution in [3.05, 3.63) is 23.8 Å². The smallest absolute Gasteiger partial charge is 0.161 e. The van der Waals surface area contributed by atoms with E-state index in [1.807, 2.05) is 0 Å². The summed E-state index contributed by atoms with van der Waals surface area (Å²) < 4.78 is 16.9. The van der Waals surface area contributed by atoms with Crippen molar-refractivity contribution in [1.29, 1.82) is 5.41 Å². The van der Waals surface area contributed by atoms with E-state index in [4.69, 9.17) is 10.1 Å². The molecule has 0 fully saturated rings. The zero-order chi connectivity index (χ0) is 12.0. The molecule has 0 unspecified atom stereocenters. The fraction of sp³-hybridized carbons (Fsp3) is 0.364. The van der Waals surface area contributed by atoms with Crippen LogP contribution in [-0.4, -0.2) is 24.2 Å². The van der Waals surface area contributed by atoms with Gasteiger partial charge < -0.3 is 15.2 Å². The van der Waals surface area contributed by atoms with Gasteiger partial charge >= 0.3 is 0 Å². The first-order chi connectivity index (χ1) is 7.63. The summed E-state index contributed by atoms with van der Waals surface area (Å²) in [5.41, 5.74) is 0.859. The Balaban J connectivity index is 2.68. The number of nitrogens with one attached hydrogen (secondary N) is 2. The second-order valence-corrected chi connectivity index (χ2v) is 3.32. The molecule has 16 heavy (non-hydrogen) atoms. The molecule has 4 nitrogen and oxygen atoms in total. The molecule has 1 aromatic carbocycles. The Bertz CT molecular complexity index is 369. The largest absolute Gasteiger partial charge is 0.504 e. The van der Waals surface area contributed by atoms with E-state index in [0.717, 1.165) is 5.56 Å². The maximum Gasteiger partial charge on any atom is 0.161 e. The molecule has 0 aliphatic rings. The van der Waals surface area contributed by atoms with Crippen LogP contribution in [0, 0.1) is 5.41 Å². The van der Waals surface area contributed by atoms with E-state index in [1.54, 1.807) is 19.1 Å². The molecule has 0 heterocycles. The summed E-state index contributed by atoms with van der Waals surface area (Å²) in [4.78, 5) is 0. The van der Waals surface area contributed by atoms with Crippen LogP contribution in [0.3, 0.4) is 0 Å². The van der Waals surface area contributed by atoms with Crippen LogP contribution in [0.1, 0.15) is 12.5 Å². The summed E-state index contributed by atoms with van der Waals surface area (Å²) in [6.07, 6.45) is 0. The van der Waals surface area contributed by atoms with E-state index in [0.29, 0.717) is 12.4 Å². The minimum Gasteiger partial charge on any atom is -0.504 e. The van der Waals surface area contributed by atoms with Crippen LogP contribution >= 0.6 is 0 Å². The molecular weight excluding hydrogens is 211 g/mol. The molecule has 0 atom stereocenters. The number of hydrogen-bond donors (Lipinski definition) is 3. The van der Waals surface area contributed by atoms with Gasteiger partial charge in [0.05, 0.1) is 5.84 Å². The normalized spacial score (nSPS) is 9.88. The highest BCUT2D eigenvalue weighted by molar-refractivity contribution is 5.75. The van der Waals surface area contributed by atoms with Crippen LogP contribution in [0.25, 0.3) is 0 Å². The molecule has 0 bridgehead atoms. The Morgan fingerprint density at radius 2 is 2.31 bits per heavy atom. The molecule has 5 heteroatoms. The monoisotopic (exact) mass is 226 g/mol. The minimum absolute atomic E-state index is 0.0104. The number of phenolic OH excluding ortho intramolecular Hbond substituents is 1. The Kier molecular flexibility index (Phi) is 4.57. The number of benzene rings is 1. The molecule has 0 spiro atoms. The van der Waals surface area contributed by atoms with Crippen LogP contribution in [0.5, 0.6) is 11.5 Å².